The predicted octanol–water partition coefficient (Wildman–Crippen LogP) is 3.26. The largest absolute Gasteiger partial charge is 0.302 e. The molecule has 0 atom stereocenters. The first-order valence-electron chi connectivity index (χ1n) is 5.86. The molecule has 1 fully saturated rings. The summed E-state index contributed by atoms with van der Waals surface area (Å²) in [6, 6.07) is 8.58. The van der Waals surface area contributed by atoms with Crippen molar-refractivity contribution in [2.75, 3.05) is 0 Å². The van der Waals surface area contributed by atoms with E-state index in [2.05, 4.69) is 31.2 Å². The van der Waals surface area contributed by atoms with Gasteiger partial charge in [-0.1, -0.05) is 44.0 Å². The zero-order chi connectivity index (χ0) is 10.7. The zero-order valence-corrected chi connectivity index (χ0v) is 9.33. The van der Waals surface area contributed by atoms with Crippen LogP contribution in [0, 0.1) is 0 Å². The molecule has 1 saturated carbocycles. The number of aldehydes is 1. The number of aryl methyl sites for hydroxylation is 1. The molecular formula is C14H18O. The van der Waals surface area contributed by atoms with Crippen LogP contribution >= 0.6 is 0 Å². The zero-order valence-electron chi connectivity index (χ0n) is 9.33. The van der Waals surface area contributed by atoms with Gasteiger partial charge in [0.15, 0.2) is 0 Å². The average molecular weight is 202 g/mol. The molecule has 0 saturated heterocycles. The Morgan fingerprint density at radius 2 is 1.80 bits per heavy atom. The molecule has 1 aliphatic carbocycles. The van der Waals surface area contributed by atoms with Crippen LogP contribution in [0.5, 0.6) is 0 Å². The predicted molar refractivity (Wildman–Crippen MR) is 62.0 cm³/mol. The molecule has 1 nitrogen and oxygen atoms in total. The molecule has 1 aromatic rings. The second-order valence-corrected chi connectivity index (χ2v) is 4.53. The van der Waals surface area contributed by atoms with E-state index in [1.807, 2.05) is 0 Å². The maximum atomic E-state index is 11.3. The summed E-state index contributed by atoms with van der Waals surface area (Å²) >= 11 is 0. The lowest BCUT2D eigenvalue weighted by molar-refractivity contribution is -0.112. The van der Waals surface area contributed by atoms with Crippen molar-refractivity contribution in [2.24, 2.45) is 0 Å². The molecule has 0 bridgehead atoms. The Bertz CT molecular complexity index is 331. The van der Waals surface area contributed by atoms with Gasteiger partial charge in [0.1, 0.15) is 6.29 Å². The highest BCUT2D eigenvalue weighted by atomic mass is 16.1. The molecule has 0 radical (unpaired) electrons. The molecule has 1 heteroatoms. The van der Waals surface area contributed by atoms with Gasteiger partial charge in [0.25, 0.3) is 0 Å². The van der Waals surface area contributed by atoms with Gasteiger partial charge in [0, 0.05) is 0 Å². The van der Waals surface area contributed by atoms with E-state index in [9.17, 15) is 4.79 Å². The van der Waals surface area contributed by atoms with Gasteiger partial charge < -0.3 is 4.79 Å². The van der Waals surface area contributed by atoms with E-state index < -0.39 is 0 Å². The standard InChI is InChI=1S/C14H18O/c1-2-12-5-7-13(8-6-12)14(11-15)9-3-4-10-14/h5-8,11H,2-4,9-10H2,1H3. The number of hydrogen-bond donors (Lipinski definition) is 0. The minimum atomic E-state index is -0.160. The van der Waals surface area contributed by atoms with E-state index in [0.717, 1.165) is 19.3 Å². The lowest BCUT2D eigenvalue weighted by Crippen LogP contribution is -2.23. The van der Waals surface area contributed by atoms with Crippen molar-refractivity contribution >= 4 is 6.29 Å². The molecular weight excluding hydrogens is 184 g/mol. The van der Waals surface area contributed by atoms with Crippen LogP contribution in [0.4, 0.5) is 0 Å². The number of rotatable bonds is 3. The van der Waals surface area contributed by atoms with E-state index in [-0.39, 0.29) is 5.41 Å². The van der Waals surface area contributed by atoms with Gasteiger partial charge in [-0.25, -0.2) is 0 Å². The molecule has 0 N–H and O–H groups in total. The lowest BCUT2D eigenvalue weighted by Gasteiger charge is -2.22. The first-order chi connectivity index (χ1) is 7.30. The topological polar surface area (TPSA) is 17.1 Å². The summed E-state index contributed by atoms with van der Waals surface area (Å²) < 4.78 is 0. The second-order valence-electron chi connectivity index (χ2n) is 4.53. The van der Waals surface area contributed by atoms with Gasteiger partial charge in [-0.2, -0.15) is 0 Å². The Kier molecular flexibility index (Phi) is 2.90. The van der Waals surface area contributed by atoms with Crippen LogP contribution in [0.1, 0.15) is 43.7 Å². The third kappa shape index (κ3) is 1.83. The molecule has 15 heavy (non-hydrogen) atoms. The first-order valence-corrected chi connectivity index (χ1v) is 5.86. The second kappa shape index (κ2) is 4.18. The van der Waals surface area contributed by atoms with E-state index >= 15 is 0 Å². The Labute approximate surface area is 91.5 Å². The van der Waals surface area contributed by atoms with Crippen molar-refractivity contribution in [1.82, 2.24) is 0 Å². The fourth-order valence-electron chi connectivity index (χ4n) is 2.55. The van der Waals surface area contributed by atoms with Gasteiger partial charge in [-0.05, 0) is 30.4 Å². The highest BCUT2D eigenvalue weighted by Gasteiger charge is 2.34. The van der Waals surface area contributed by atoms with Crippen LogP contribution in [0.25, 0.3) is 0 Å². The highest BCUT2D eigenvalue weighted by molar-refractivity contribution is 5.69. The summed E-state index contributed by atoms with van der Waals surface area (Å²) in [4.78, 5) is 11.3. The molecule has 1 aromatic carbocycles. The van der Waals surface area contributed by atoms with Crippen molar-refractivity contribution in [3.05, 3.63) is 35.4 Å². The monoisotopic (exact) mass is 202 g/mol. The third-order valence-corrected chi connectivity index (χ3v) is 3.66. The maximum Gasteiger partial charge on any atom is 0.130 e. The normalized spacial score (nSPS) is 19.0. The summed E-state index contributed by atoms with van der Waals surface area (Å²) in [7, 11) is 0. The molecule has 0 aliphatic heterocycles. The van der Waals surface area contributed by atoms with Crippen molar-refractivity contribution in [1.29, 1.82) is 0 Å². The van der Waals surface area contributed by atoms with E-state index in [1.165, 1.54) is 30.3 Å². The summed E-state index contributed by atoms with van der Waals surface area (Å²) in [5, 5.41) is 0. The highest BCUT2D eigenvalue weighted by Crippen LogP contribution is 2.39. The number of benzene rings is 1. The summed E-state index contributed by atoms with van der Waals surface area (Å²) in [5.74, 6) is 0. The van der Waals surface area contributed by atoms with Gasteiger partial charge in [0.2, 0.25) is 0 Å². The maximum absolute atomic E-state index is 11.3. The molecule has 0 spiro atoms. The van der Waals surface area contributed by atoms with Crippen molar-refractivity contribution in [2.45, 2.75) is 44.4 Å². The fraction of sp³-hybridized carbons (Fsp3) is 0.500. The van der Waals surface area contributed by atoms with E-state index in [1.54, 1.807) is 0 Å². The number of carbonyl (C=O) groups is 1. The average Bonchev–Trinajstić information content (AvgIpc) is 2.79. The molecule has 1 aliphatic rings. The van der Waals surface area contributed by atoms with Gasteiger partial charge >= 0.3 is 0 Å². The van der Waals surface area contributed by atoms with Crippen LogP contribution in [-0.4, -0.2) is 6.29 Å². The van der Waals surface area contributed by atoms with Crippen LogP contribution in [0.3, 0.4) is 0 Å². The Hall–Kier alpha value is -1.11. The first kappa shape index (κ1) is 10.4. The van der Waals surface area contributed by atoms with Crippen molar-refractivity contribution < 1.29 is 4.79 Å². The molecule has 0 amide bonds. The summed E-state index contributed by atoms with van der Waals surface area (Å²) in [5.41, 5.74) is 2.40. The molecule has 0 aromatic heterocycles. The van der Waals surface area contributed by atoms with Crippen molar-refractivity contribution in [3.8, 4) is 0 Å². The minimum Gasteiger partial charge on any atom is -0.302 e. The minimum absolute atomic E-state index is 0.160. The molecule has 2 rings (SSSR count). The SMILES string of the molecule is CCc1ccc(C2(C=O)CCCC2)cc1. The third-order valence-electron chi connectivity index (χ3n) is 3.66. The Morgan fingerprint density at radius 1 is 1.20 bits per heavy atom. The smallest absolute Gasteiger partial charge is 0.130 e. The number of carbonyl (C=O) groups excluding carboxylic acids is 1. The molecule has 0 unspecified atom stereocenters. The Balaban J connectivity index is 2.30. The van der Waals surface area contributed by atoms with Crippen LogP contribution in [0.15, 0.2) is 24.3 Å². The van der Waals surface area contributed by atoms with E-state index in [0.29, 0.717) is 0 Å². The van der Waals surface area contributed by atoms with Crippen LogP contribution < -0.4 is 0 Å². The van der Waals surface area contributed by atoms with Gasteiger partial charge in [0.05, 0.1) is 5.41 Å². The number of hydrogen-bond acceptors (Lipinski definition) is 1. The molecule has 80 valence electrons. The Morgan fingerprint density at radius 3 is 2.27 bits per heavy atom. The van der Waals surface area contributed by atoms with E-state index in [4.69, 9.17) is 0 Å². The fourth-order valence-corrected chi connectivity index (χ4v) is 2.55. The summed E-state index contributed by atoms with van der Waals surface area (Å²) in [6.07, 6.45) is 6.67. The quantitative estimate of drug-likeness (QED) is 0.687. The lowest BCUT2D eigenvalue weighted by atomic mass is 9.80. The van der Waals surface area contributed by atoms with Gasteiger partial charge in [-0.3, -0.25) is 0 Å². The summed E-state index contributed by atoms with van der Waals surface area (Å²) in [6.45, 7) is 2.15. The van der Waals surface area contributed by atoms with Crippen LogP contribution in [-0.2, 0) is 16.6 Å². The van der Waals surface area contributed by atoms with Crippen molar-refractivity contribution in [3.63, 3.8) is 0 Å². The molecule has 0 heterocycles. The van der Waals surface area contributed by atoms with Gasteiger partial charge in [-0.15, -0.1) is 0 Å². The van der Waals surface area contributed by atoms with Crippen LogP contribution in [0.2, 0.25) is 0 Å².